The van der Waals surface area contributed by atoms with Gasteiger partial charge in [0, 0.05) is 10.9 Å². The van der Waals surface area contributed by atoms with Crippen molar-refractivity contribution in [3.63, 3.8) is 0 Å². The molecule has 0 bridgehead atoms. The predicted molar refractivity (Wildman–Crippen MR) is 61.6 cm³/mol. The Hall–Kier alpha value is -1.88. The van der Waals surface area contributed by atoms with E-state index in [2.05, 4.69) is 27.3 Å². The minimum Gasteiger partial charge on any atom is -0.374 e. The fourth-order valence-electron chi connectivity index (χ4n) is 1.53. The van der Waals surface area contributed by atoms with Crippen LogP contribution in [0.4, 0.5) is 5.13 Å². The highest BCUT2D eigenvalue weighted by molar-refractivity contribution is 7.18. The second-order valence-corrected chi connectivity index (χ2v) is 4.22. The smallest absolute Gasteiger partial charge is 0.203 e. The molecule has 0 aliphatic heterocycles. The number of nitrogens with zero attached hydrogens (tertiary/aromatic N) is 2. The minimum absolute atomic E-state index is 0.489. The molecule has 0 aliphatic rings. The predicted octanol–water partition coefficient (Wildman–Crippen LogP) is 2.27. The zero-order valence-electron chi connectivity index (χ0n) is 7.77. The summed E-state index contributed by atoms with van der Waals surface area (Å²) < 4.78 is 0. The first-order chi connectivity index (χ1) is 7.33. The second-order valence-electron chi connectivity index (χ2n) is 3.22. The summed E-state index contributed by atoms with van der Waals surface area (Å²) in [6, 6.07) is 10.1. The molecule has 1 aromatic carbocycles. The van der Waals surface area contributed by atoms with E-state index in [1.54, 1.807) is 0 Å². The molecular weight excluding hydrogens is 208 g/mol. The van der Waals surface area contributed by atoms with Crippen LogP contribution in [0.15, 0.2) is 30.3 Å². The van der Waals surface area contributed by atoms with Crippen molar-refractivity contribution in [3.05, 3.63) is 30.3 Å². The Morgan fingerprint density at radius 1 is 1.20 bits per heavy atom. The Labute approximate surface area is 89.8 Å². The molecule has 0 spiro atoms. The quantitative estimate of drug-likeness (QED) is 0.655. The number of aromatic nitrogens is 3. The van der Waals surface area contributed by atoms with Crippen molar-refractivity contribution < 1.29 is 0 Å². The zero-order chi connectivity index (χ0) is 10.3. The number of benzene rings is 1. The number of fused-ring (bicyclic) bond motifs is 1. The fraction of sp³-hybridized carbons (Fsp3) is 0. The maximum Gasteiger partial charge on any atom is 0.203 e. The van der Waals surface area contributed by atoms with Crippen LogP contribution in [-0.2, 0) is 0 Å². The topological polar surface area (TPSA) is 67.6 Å². The highest BCUT2D eigenvalue weighted by Gasteiger charge is 2.07. The van der Waals surface area contributed by atoms with Gasteiger partial charge < -0.3 is 10.7 Å². The first kappa shape index (κ1) is 8.43. The molecule has 0 saturated carbocycles. The number of nitrogens with two attached hydrogens (primary N) is 1. The van der Waals surface area contributed by atoms with Gasteiger partial charge in [0.2, 0.25) is 5.13 Å². The van der Waals surface area contributed by atoms with Gasteiger partial charge in [0.25, 0.3) is 0 Å². The van der Waals surface area contributed by atoms with E-state index in [0.29, 0.717) is 5.13 Å². The number of aromatic amines is 1. The largest absolute Gasteiger partial charge is 0.374 e. The van der Waals surface area contributed by atoms with E-state index in [-0.39, 0.29) is 0 Å². The summed E-state index contributed by atoms with van der Waals surface area (Å²) in [6.45, 7) is 0. The molecule has 5 heteroatoms. The van der Waals surface area contributed by atoms with Gasteiger partial charge in [0.15, 0.2) is 5.01 Å². The lowest BCUT2D eigenvalue weighted by molar-refractivity contribution is 1.10. The minimum atomic E-state index is 0.489. The van der Waals surface area contributed by atoms with Crippen LogP contribution in [0.2, 0.25) is 0 Å². The van der Waals surface area contributed by atoms with Crippen molar-refractivity contribution in [2.75, 3.05) is 5.73 Å². The van der Waals surface area contributed by atoms with Crippen molar-refractivity contribution in [3.8, 4) is 10.7 Å². The van der Waals surface area contributed by atoms with E-state index in [0.717, 1.165) is 16.2 Å². The van der Waals surface area contributed by atoms with Crippen LogP contribution in [0.5, 0.6) is 0 Å². The first-order valence-electron chi connectivity index (χ1n) is 4.50. The molecular formula is C10H8N4S. The van der Waals surface area contributed by atoms with E-state index >= 15 is 0 Å². The van der Waals surface area contributed by atoms with Gasteiger partial charge in [0.05, 0.1) is 5.69 Å². The fourth-order valence-corrected chi connectivity index (χ4v) is 2.11. The summed E-state index contributed by atoms with van der Waals surface area (Å²) >= 11 is 1.38. The average Bonchev–Trinajstić information content (AvgIpc) is 2.82. The number of para-hydroxylation sites is 1. The maximum atomic E-state index is 5.54. The summed E-state index contributed by atoms with van der Waals surface area (Å²) in [4.78, 5) is 3.28. The monoisotopic (exact) mass is 216 g/mol. The van der Waals surface area contributed by atoms with Gasteiger partial charge >= 0.3 is 0 Å². The second kappa shape index (κ2) is 3.06. The molecule has 2 aromatic heterocycles. The number of anilines is 1. The highest BCUT2D eigenvalue weighted by atomic mass is 32.1. The highest BCUT2D eigenvalue weighted by Crippen LogP contribution is 2.27. The number of hydrogen-bond acceptors (Lipinski definition) is 4. The normalized spacial score (nSPS) is 10.9. The summed E-state index contributed by atoms with van der Waals surface area (Å²) in [7, 11) is 0. The average molecular weight is 216 g/mol. The lowest BCUT2D eigenvalue weighted by Crippen LogP contribution is -1.80. The molecule has 0 aliphatic carbocycles. The third-order valence-electron chi connectivity index (χ3n) is 2.20. The van der Waals surface area contributed by atoms with Crippen LogP contribution < -0.4 is 5.73 Å². The molecule has 0 atom stereocenters. The molecule has 2 heterocycles. The third kappa shape index (κ3) is 1.37. The van der Waals surface area contributed by atoms with E-state index in [1.807, 2.05) is 18.2 Å². The van der Waals surface area contributed by atoms with Crippen molar-refractivity contribution in [2.24, 2.45) is 0 Å². The Kier molecular flexibility index (Phi) is 1.72. The van der Waals surface area contributed by atoms with E-state index in [1.165, 1.54) is 16.7 Å². The number of nitrogens with one attached hydrogen (secondary N) is 1. The summed E-state index contributed by atoms with van der Waals surface area (Å²) in [5.41, 5.74) is 7.60. The Balaban J connectivity index is 2.19. The number of H-pyrrole nitrogens is 1. The molecule has 3 N–H and O–H groups in total. The standard InChI is InChI=1S/C10H8N4S/c11-10-14-13-9(15-10)8-5-6-3-1-2-4-7(6)12-8/h1-5,12H,(H2,11,14). The summed E-state index contributed by atoms with van der Waals surface area (Å²) in [5, 5.41) is 10.3. The molecule has 0 amide bonds. The van der Waals surface area contributed by atoms with E-state index in [4.69, 9.17) is 5.73 Å². The van der Waals surface area contributed by atoms with Crippen LogP contribution in [0, 0.1) is 0 Å². The van der Waals surface area contributed by atoms with Gasteiger partial charge in [-0.1, -0.05) is 29.5 Å². The third-order valence-corrected chi connectivity index (χ3v) is 2.99. The maximum absolute atomic E-state index is 5.54. The molecule has 0 fully saturated rings. The SMILES string of the molecule is Nc1nnc(-c2cc3ccccc3[nH]2)s1. The molecule has 4 nitrogen and oxygen atoms in total. The van der Waals surface area contributed by atoms with Crippen molar-refractivity contribution >= 4 is 27.4 Å². The van der Waals surface area contributed by atoms with Crippen LogP contribution in [0.3, 0.4) is 0 Å². The van der Waals surface area contributed by atoms with E-state index in [9.17, 15) is 0 Å². The molecule has 3 aromatic rings. The molecule has 15 heavy (non-hydrogen) atoms. The summed E-state index contributed by atoms with van der Waals surface area (Å²) in [5.74, 6) is 0. The molecule has 3 rings (SSSR count). The van der Waals surface area contributed by atoms with Crippen LogP contribution >= 0.6 is 11.3 Å². The van der Waals surface area contributed by atoms with Crippen LogP contribution in [0.25, 0.3) is 21.6 Å². The number of rotatable bonds is 1. The van der Waals surface area contributed by atoms with Crippen LogP contribution in [-0.4, -0.2) is 15.2 Å². The van der Waals surface area contributed by atoms with Crippen molar-refractivity contribution in [1.29, 1.82) is 0 Å². The van der Waals surface area contributed by atoms with Crippen molar-refractivity contribution in [1.82, 2.24) is 15.2 Å². The molecule has 74 valence electrons. The number of nitrogen functional groups attached to an aromatic ring is 1. The Morgan fingerprint density at radius 3 is 2.80 bits per heavy atom. The molecule has 0 unspecified atom stereocenters. The zero-order valence-corrected chi connectivity index (χ0v) is 8.58. The lowest BCUT2D eigenvalue weighted by atomic mass is 10.2. The van der Waals surface area contributed by atoms with Crippen LogP contribution in [0.1, 0.15) is 0 Å². The van der Waals surface area contributed by atoms with Gasteiger partial charge in [-0.2, -0.15) is 0 Å². The summed E-state index contributed by atoms with van der Waals surface area (Å²) in [6.07, 6.45) is 0. The Morgan fingerprint density at radius 2 is 2.07 bits per heavy atom. The Bertz CT molecular complexity index is 577. The molecule has 0 radical (unpaired) electrons. The van der Waals surface area contributed by atoms with Gasteiger partial charge in [-0.25, -0.2) is 0 Å². The van der Waals surface area contributed by atoms with E-state index < -0.39 is 0 Å². The van der Waals surface area contributed by atoms with Gasteiger partial charge in [-0.05, 0) is 12.1 Å². The van der Waals surface area contributed by atoms with Gasteiger partial charge in [-0.15, -0.1) is 10.2 Å². The van der Waals surface area contributed by atoms with Gasteiger partial charge in [-0.3, -0.25) is 0 Å². The first-order valence-corrected chi connectivity index (χ1v) is 5.32. The molecule has 0 saturated heterocycles. The van der Waals surface area contributed by atoms with Gasteiger partial charge in [0.1, 0.15) is 0 Å². The lowest BCUT2D eigenvalue weighted by Gasteiger charge is -1.86. The van der Waals surface area contributed by atoms with Crippen molar-refractivity contribution in [2.45, 2.75) is 0 Å². The number of hydrogen-bond donors (Lipinski definition) is 2.